The van der Waals surface area contributed by atoms with E-state index in [9.17, 15) is 9.59 Å². The van der Waals surface area contributed by atoms with E-state index in [1.807, 2.05) is 26.0 Å². The molecule has 128 valence electrons. The Hall–Kier alpha value is -2.95. The van der Waals surface area contributed by atoms with Crippen LogP contribution in [0.2, 0.25) is 0 Å². The third kappa shape index (κ3) is 3.76. The Morgan fingerprint density at radius 3 is 2.64 bits per heavy atom. The monoisotopic (exact) mass is 336 g/mol. The molecule has 1 N–H and O–H groups in total. The maximum Gasteiger partial charge on any atom is 0.277 e. The SMILES string of the molecule is CCOc1ccc(C(=O)N=C2C=CC3C(CC)=CC(=O)NC3=C2)cc1. The van der Waals surface area contributed by atoms with Crippen molar-refractivity contribution in [3.05, 3.63) is 65.4 Å². The molecule has 3 rings (SSSR count). The van der Waals surface area contributed by atoms with Crippen LogP contribution in [0, 0.1) is 5.92 Å². The van der Waals surface area contributed by atoms with Gasteiger partial charge in [0.15, 0.2) is 0 Å². The van der Waals surface area contributed by atoms with E-state index >= 15 is 0 Å². The number of ether oxygens (including phenoxy) is 1. The molecule has 2 aliphatic rings. The first-order chi connectivity index (χ1) is 12.1. The Balaban J connectivity index is 1.80. The van der Waals surface area contributed by atoms with Crippen molar-refractivity contribution >= 4 is 17.5 Å². The molecule has 1 aromatic carbocycles. The molecular weight excluding hydrogens is 316 g/mol. The number of carbonyl (C=O) groups is 2. The van der Waals surface area contributed by atoms with Crippen molar-refractivity contribution in [2.45, 2.75) is 20.3 Å². The van der Waals surface area contributed by atoms with Crippen LogP contribution < -0.4 is 10.1 Å². The van der Waals surface area contributed by atoms with Gasteiger partial charge in [-0.1, -0.05) is 18.6 Å². The van der Waals surface area contributed by atoms with E-state index in [2.05, 4.69) is 10.3 Å². The number of allylic oxidation sites excluding steroid dienone is 3. The van der Waals surface area contributed by atoms with Gasteiger partial charge in [-0.15, -0.1) is 0 Å². The van der Waals surface area contributed by atoms with E-state index in [0.29, 0.717) is 17.9 Å². The molecule has 0 radical (unpaired) electrons. The van der Waals surface area contributed by atoms with Gasteiger partial charge in [-0.25, -0.2) is 4.99 Å². The van der Waals surface area contributed by atoms with E-state index in [-0.39, 0.29) is 17.7 Å². The summed E-state index contributed by atoms with van der Waals surface area (Å²) in [6.07, 6.45) is 7.99. The Labute approximate surface area is 146 Å². The van der Waals surface area contributed by atoms with Crippen LogP contribution in [0.15, 0.2) is 64.8 Å². The molecule has 1 aliphatic heterocycles. The van der Waals surface area contributed by atoms with Gasteiger partial charge in [-0.05, 0) is 49.8 Å². The van der Waals surface area contributed by atoms with Crippen LogP contribution in [-0.2, 0) is 4.79 Å². The van der Waals surface area contributed by atoms with Crippen LogP contribution in [0.3, 0.4) is 0 Å². The average molecular weight is 336 g/mol. The lowest BCUT2D eigenvalue weighted by Crippen LogP contribution is -2.33. The minimum atomic E-state index is -0.327. The van der Waals surface area contributed by atoms with E-state index in [1.54, 1.807) is 36.4 Å². The second-order valence-corrected chi connectivity index (χ2v) is 5.80. The fraction of sp³-hybridized carbons (Fsp3) is 0.250. The summed E-state index contributed by atoms with van der Waals surface area (Å²) in [4.78, 5) is 28.2. The van der Waals surface area contributed by atoms with Crippen molar-refractivity contribution in [2.75, 3.05) is 6.61 Å². The van der Waals surface area contributed by atoms with E-state index in [1.165, 1.54) is 0 Å². The summed E-state index contributed by atoms with van der Waals surface area (Å²) in [6.45, 7) is 4.51. The molecule has 1 heterocycles. The molecule has 1 aliphatic carbocycles. The minimum absolute atomic E-state index is 0.0576. The summed E-state index contributed by atoms with van der Waals surface area (Å²) < 4.78 is 5.37. The van der Waals surface area contributed by atoms with Crippen LogP contribution >= 0.6 is 0 Å². The molecule has 1 unspecified atom stereocenters. The normalized spacial score (nSPS) is 20.5. The fourth-order valence-corrected chi connectivity index (χ4v) is 2.90. The number of fused-ring (bicyclic) bond motifs is 1. The number of hydrogen-bond donors (Lipinski definition) is 1. The highest BCUT2D eigenvalue weighted by Gasteiger charge is 2.25. The van der Waals surface area contributed by atoms with Gasteiger partial charge in [0, 0.05) is 23.3 Å². The number of nitrogens with zero attached hydrogens (tertiary/aromatic N) is 1. The van der Waals surface area contributed by atoms with Crippen molar-refractivity contribution < 1.29 is 14.3 Å². The highest BCUT2D eigenvalue weighted by atomic mass is 16.5. The van der Waals surface area contributed by atoms with E-state index in [0.717, 1.165) is 23.4 Å². The highest BCUT2D eigenvalue weighted by Crippen LogP contribution is 2.29. The van der Waals surface area contributed by atoms with Gasteiger partial charge in [0.05, 0.1) is 12.3 Å². The maximum absolute atomic E-state index is 12.3. The van der Waals surface area contributed by atoms with Gasteiger partial charge >= 0.3 is 0 Å². The lowest BCUT2D eigenvalue weighted by molar-refractivity contribution is -0.116. The molecule has 2 amide bonds. The van der Waals surface area contributed by atoms with Gasteiger partial charge in [0.1, 0.15) is 5.75 Å². The molecule has 1 aromatic rings. The Kier molecular flexibility index (Phi) is 4.93. The number of amides is 2. The molecule has 5 heteroatoms. The number of nitrogens with one attached hydrogen (secondary N) is 1. The van der Waals surface area contributed by atoms with Crippen LogP contribution in [0.4, 0.5) is 0 Å². The third-order valence-corrected chi connectivity index (χ3v) is 4.13. The predicted molar refractivity (Wildman–Crippen MR) is 96.6 cm³/mol. The summed E-state index contributed by atoms with van der Waals surface area (Å²) in [7, 11) is 0. The smallest absolute Gasteiger partial charge is 0.277 e. The lowest BCUT2D eigenvalue weighted by atomic mass is 9.86. The topological polar surface area (TPSA) is 67.8 Å². The largest absolute Gasteiger partial charge is 0.494 e. The second-order valence-electron chi connectivity index (χ2n) is 5.80. The molecule has 0 saturated carbocycles. The minimum Gasteiger partial charge on any atom is -0.494 e. The fourth-order valence-electron chi connectivity index (χ4n) is 2.90. The van der Waals surface area contributed by atoms with Gasteiger partial charge in [0.25, 0.3) is 5.91 Å². The first-order valence-corrected chi connectivity index (χ1v) is 8.37. The summed E-state index contributed by atoms with van der Waals surface area (Å²) in [5.41, 5.74) is 2.85. The molecule has 0 saturated heterocycles. The molecule has 0 spiro atoms. The molecule has 5 nitrogen and oxygen atoms in total. The lowest BCUT2D eigenvalue weighted by Gasteiger charge is -2.26. The van der Waals surface area contributed by atoms with Gasteiger partial charge in [-0.3, -0.25) is 9.59 Å². The number of hydrogen-bond acceptors (Lipinski definition) is 3. The highest BCUT2D eigenvalue weighted by molar-refractivity contribution is 6.14. The number of carbonyl (C=O) groups excluding carboxylic acids is 2. The van der Waals surface area contributed by atoms with Crippen molar-refractivity contribution in [3.63, 3.8) is 0 Å². The first kappa shape index (κ1) is 16.9. The van der Waals surface area contributed by atoms with Gasteiger partial charge in [-0.2, -0.15) is 0 Å². The average Bonchev–Trinajstić information content (AvgIpc) is 2.61. The van der Waals surface area contributed by atoms with Crippen molar-refractivity contribution in [1.82, 2.24) is 5.32 Å². The standard InChI is InChI=1S/C20H20N2O3/c1-3-13-11-19(23)22-18-12-15(7-10-17(13)18)21-20(24)14-5-8-16(9-6-14)25-4-2/h5-12,17H,3-4H2,1-2H3,(H,22,23). The first-order valence-electron chi connectivity index (χ1n) is 8.37. The molecule has 1 atom stereocenters. The summed E-state index contributed by atoms with van der Waals surface area (Å²) >= 11 is 0. The third-order valence-electron chi connectivity index (χ3n) is 4.13. The van der Waals surface area contributed by atoms with Crippen LogP contribution in [-0.4, -0.2) is 24.1 Å². The zero-order valence-electron chi connectivity index (χ0n) is 14.3. The van der Waals surface area contributed by atoms with Crippen LogP contribution in [0.25, 0.3) is 0 Å². The van der Waals surface area contributed by atoms with Gasteiger partial charge in [0.2, 0.25) is 5.91 Å². The number of aliphatic imine (C=N–C) groups is 1. The van der Waals surface area contributed by atoms with Gasteiger partial charge < -0.3 is 10.1 Å². The molecule has 25 heavy (non-hydrogen) atoms. The second kappa shape index (κ2) is 7.30. The summed E-state index contributed by atoms with van der Waals surface area (Å²) in [5.74, 6) is 0.318. The maximum atomic E-state index is 12.3. The number of benzene rings is 1. The molecule has 0 aromatic heterocycles. The van der Waals surface area contributed by atoms with Crippen molar-refractivity contribution in [1.29, 1.82) is 0 Å². The Morgan fingerprint density at radius 2 is 1.96 bits per heavy atom. The summed E-state index contributed by atoms with van der Waals surface area (Å²) in [6, 6.07) is 6.89. The van der Waals surface area contributed by atoms with Crippen LogP contribution in [0.1, 0.15) is 30.6 Å². The Bertz CT molecular complexity index is 814. The predicted octanol–water partition coefficient (Wildman–Crippen LogP) is 3.20. The molecular formula is C20H20N2O3. The quantitative estimate of drug-likeness (QED) is 0.918. The Morgan fingerprint density at radius 1 is 1.20 bits per heavy atom. The van der Waals surface area contributed by atoms with Crippen molar-refractivity contribution in [2.24, 2.45) is 10.9 Å². The van der Waals surface area contributed by atoms with Crippen LogP contribution in [0.5, 0.6) is 5.75 Å². The van der Waals surface area contributed by atoms with E-state index < -0.39 is 0 Å². The molecule has 0 fully saturated rings. The number of rotatable bonds is 4. The summed E-state index contributed by atoms with van der Waals surface area (Å²) in [5, 5.41) is 2.83. The molecule has 0 bridgehead atoms. The zero-order valence-corrected chi connectivity index (χ0v) is 14.3. The van der Waals surface area contributed by atoms with E-state index in [4.69, 9.17) is 4.74 Å². The zero-order chi connectivity index (χ0) is 17.8. The van der Waals surface area contributed by atoms with Crippen molar-refractivity contribution in [3.8, 4) is 5.75 Å².